The van der Waals surface area contributed by atoms with E-state index in [-0.39, 0.29) is 17.2 Å². The molecule has 28 heavy (non-hydrogen) atoms. The SMILES string of the molecule is Cn1nc2c(=O)n(OC3CCN(C=O)CC3)cnc2c1-c1ccc(CN)cc1. The number of nitrogens with zero attached hydrogens (tertiary/aromatic N) is 5. The van der Waals surface area contributed by atoms with Crippen molar-refractivity contribution in [3.8, 4) is 11.3 Å². The van der Waals surface area contributed by atoms with Crippen LogP contribution in [-0.4, -0.2) is 50.0 Å². The highest BCUT2D eigenvalue weighted by molar-refractivity contribution is 5.89. The van der Waals surface area contributed by atoms with Gasteiger partial charge in [-0.2, -0.15) is 5.10 Å². The van der Waals surface area contributed by atoms with Gasteiger partial charge in [-0.25, -0.2) is 4.98 Å². The topological polar surface area (TPSA) is 108 Å². The highest BCUT2D eigenvalue weighted by Crippen LogP contribution is 2.25. The van der Waals surface area contributed by atoms with Crippen molar-refractivity contribution >= 4 is 17.4 Å². The molecule has 1 aliphatic rings. The number of benzene rings is 1. The minimum Gasteiger partial charge on any atom is -0.406 e. The molecule has 3 aromatic rings. The van der Waals surface area contributed by atoms with Crippen molar-refractivity contribution < 1.29 is 9.63 Å². The Morgan fingerprint density at radius 1 is 1.21 bits per heavy atom. The normalized spacial score (nSPS) is 15.1. The maximum absolute atomic E-state index is 12.9. The lowest BCUT2D eigenvalue weighted by Gasteiger charge is -2.29. The van der Waals surface area contributed by atoms with Gasteiger partial charge in [0, 0.05) is 45.1 Å². The van der Waals surface area contributed by atoms with Gasteiger partial charge in [-0.1, -0.05) is 24.3 Å². The number of rotatable bonds is 5. The van der Waals surface area contributed by atoms with Crippen LogP contribution in [0.4, 0.5) is 0 Å². The second-order valence-electron chi connectivity index (χ2n) is 6.89. The van der Waals surface area contributed by atoms with Crippen LogP contribution in [0.3, 0.4) is 0 Å². The van der Waals surface area contributed by atoms with E-state index >= 15 is 0 Å². The van der Waals surface area contributed by atoms with E-state index in [1.54, 1.807) is 16.6 Å². The molecular formula is C19H22N6O3. The van der Waals surface area contributed by atoms with E-state index < -0.39 is 0 Å². The summed E-state index contributed by atoms with van der Waals surface area (Å²) in [5, 5.41) is 4.37. The lowest BCUT2D eigenvalue weighted by Crippen LogP contribution is -2.42. The van der Waals surface area contributed by atoms with E-state index in [2.05, 4.69) is 10.1 Å². The van der Waals surface area contributed by atoms with Crippen LogP contribution in [0, 0.1) is 0 Å². The average molecular weight is 382 g/mol. The van der Waals surface area contributed by atoms with Gasteiger partial charge >= 0.3 is 5.56 Å². The summed E-state index contributed by atoms with van der Waals surface area (Å²) < 4.78 is 2.81. The number of hydrogen-bond donors (Lipinski definition) is 1. The van der Waals surface area contributed by atoms with Crippen LogP contribution in [0.25, 0.3) is 22.3 Å². The number of aromatic nitrogens is 4. The Morgan fingerprint density at radius 2 is 1.93 bits per heavy atom. The summed E-state index contributed by atoms with van der Waals surface area (Å²) >= 11 is 0. The summed E-state index contributed by atoms with van der Waals surface area (Å²) in [6.07, 6.45) is 3.44. The van der Waals surface area contributed by atoms with Gasteiger partial charge in [-0.3, -0.25) is 14.3 Å². The van der Waals surface area contributed by atoms with Crippen LogP contribution in [-0.2, 0) is 18.4 Å². The molecule has 146 valence electrons. The maximum atomic E-state index is 12.9. The van der Waals surface area contributed by atoms with Crippen molar-refractivity contribution in [1.29, 1.82) is 0 Å². The van der Waals surface area contributed by atoms with Crippen LogP contribution >= 0.6 is 0 Å². The minimum atomic E-state index is -0.344. The summed E-state index contributed by atoms with van der Waals surface area (Å²) in [6.45, 7) is 1.70. The lowest BCUT2D eigenvalue weighted by atomic mass is 10.1. The van der Waals surface area contributed by atoms with Gasteiger partial charge in [0.2, 0.25) is 6.41 Å². The molecular weight excluding hydrogens is 360 g/mol. The van der Waals surface area contributed by atoms with Gasteiger partial charge in [0.15, 0.2) is 5.52 Å². The van der Waals surface area contributed by atoms with E-state index in [1.807, 2.05) is 24.3 Å². The van der Waals surface area contributed by atoms with E-state index in [9.17, 15) is 9.59 Å². The van der Waals surface area contributed by atoms with Gasteiger partial charge in [0.05, 0.1) is 5.69 Å². The molecule has 1 saturated heterocycles. The average Bonchev–Trinajstić information content (AvgIpc) is 3.07. The molecule has 0 atom stereocenters. The predicted octanol–water partition coefficient (Wildman–Crippen LogP) is 0.305. The summed E-state index contributed by atoms with van der Waals surface area (Å²) in [4.78, 5) is 35.6. The summed E-state index contributed by atoms with van der Waals surface area (Å²) in [7, 11) is 1.79. The fourth-order valence-corrected chi connectivity index (χ4v) is 3.49. The van der Waals surface area contributed by atoms with E-state index in [1.165, 1.54) is 6.33 Å². The molecule has 1 amide bonds. The molecule has 0 saturated carbocycles. The molecule has 3 heterocycles. The van der Waals surface area contributed by atoms with Gasteiger partial charge in [0.25, 0.3) is 0 Å². The Hall–Kier alpha value is -3.20. The van der Waals surface area contributed by atoms with Gasteiger partial charge in [-0.05, 0) is 5.56 Å². The Morgan fingerprint density at radius 3 is 2.57 bits per heavy atom. The predicted molar refractivity (Wildman–Crippen MR) is 103 cm³/mol. The van der Waals surface area contributed by atoms with E-state index in [0.29, 0.717) is 38.0 Å². The standard InChI is InChI=1S/C19H22N6O3/c1-23-18(14-4-2-13(10-20)3-5-14)16-17(22-23)19(27)25(11-21-16)28-15-6-8-24(12-26)9-7-15/h2-5,11-12,15H,6-10,20H2,1H3. The molecule has 1 aromatic carbocycles. The van der Waals surface area contributed by atoms with Crippen molar-refractivity contribution in [3.63, 3.8) is 0 Å². The molecule has 2 N–H and O–H groups in total. The molecule has 1 fully saturated rings. The molecule has 0 unspecified atom stereocenters. The number of likely N-dealkylation sites (tertiary alicyclic amines) is 1. The van der Waals surface area contributed by atoms with Crippen molar-refractivity contribution in [2.75, 3.05) is 13.1 Å². The highest BCUT2D eigenvalue weighted by atomic mass is 16.7. The molecule has 0 aliphatic carbocycles. The first-order valence-electron chi connectivity index (χ1n) is 9.21. The first kappa shape index (κ1) is 18.2. The third-order valence-corrected chi connectivity index (χ3v) is 5.07. The lowest BCUT2D eigenvalue weighted by molar-refractivity contribution is -0.120. The number of carbonyl (C=O) groups excluding carboxylic acids is 1. The number of piperidine rings is 1. The van der Waals surface area contributed by atoms with Crippen LogP contribution in [0.5, 0.6) is 0 Å². The molecule has 0 spiro atoms. The second kappa shape index (κ2) is 7.43. The second-order valence-corrected chi connectivity index (χ2v) is 6.89. The van der Waals surface area contributed by atoms with Gasteiger partial charge < -0.3 is 15.5 Å². The monoisotopic (exact) mass is 382 g/mol. The van der Waals surface area contributed by atoms with E-state index in [0.717, 1.165) is 28.0 Å². The number of amides is 1. The zero-order valence-electron chi connectivity index (χ0n) is 15.6. The number of hydrogen-bond acceptors (Lipinski definition) is 6. The fourth-order valence-electron chi connectivity index (χ4n) is 3.49. The van der Waals surface area contributed by atoms with E-state index in [4.69, 9.17) is 10.6 Å². The van der Waals surface area contributed by atoms with Crippen LogP contribution in [0.15, 0.2) is 35.4 Å². The Balaban J connectivity index is 1.65. The van der Waals surface area contributed by atoms with Gasteiger partial charge in [0.1, 0.15) is 17.9 Å². The number of nitrogens with two attached hydrogens (primary N) is 1. The molecule has 2 aromatic heterocycles. The smallest absolute Gasteiger partial charge is 0.314 e. The van der Waals surface area contributed by atoms with Crippen LogP contribution in [0.2, 0.25) is 0 Å². The Labute approximate surface area is 161 Å². The number of fused-ring (bicyclic) bond motifs is 1. The summed E-state index contributed by atoms with van der Waals surface area (Å²) in [5.41, 5.74) is 8.81. The van der Waals surface area contributed by atoms with Crippen LogP contribution in [0.1, 0.15) is 18.4 Å². The first-order valence-corrected chi connectivity index (χ1v) is 9.21. The quantitative estimate of drug-likeness (QED) is 0.636. The highest BCUT2D eigenvalue weighted by Gasteiger charge is 2.22. The van der Waals surface area contributed by atoms with Crippen molar-refractivity contribution in [2.45, 2.75) is 25.5 Å². The molecule has 9 heteroatoms. The molecule has 0 radical (unpaired) electrons. The minimum absolute atomic E-state index is 0.139. The summed E-state index contributed by atoms with van der Waals surface area (Å²) in [5.74, 6) is 0. The largest absolute Gasteiger partial charge is 0.406 e. The third-order valence-electron chi connectivity index (χ3n) is 5.07. The van der Waals surface area contributed by atoms with Crippen molar-refractivity contribution in [3.05, 3.63) is 46.5 Å². The zero-order chi connectivity index (χ0) is 19.7. The summed E-state index contributed by atoms with van der Waals surface area (Å²) in [6, 6.07) is 7.79. The number of aryl methyl sites for hydroxylation is 1. The van der Waals surface area contributed by atoms with Crippen LogP contribution < -0.4 is 16.1 Å². The third kappa shape index (κ3) is 3.24. The van der Waals surface area contributed by atoms with Gasteiger partial charge in [-0.15, -0.1) is 4.73 Å². The van der Waals surface area contributed by atoms with Crippen molar-refractivity contribution in [2.24, 2.45) is 12.8 Å². The first-order chi connectivity index (χ1) is 13.6. The zero-order valence-corrected chi connectivity index (χ0v) is 15.6. The van der Waals surface area contributed by atoms with Crippen molar-refractivity contribution in [1.82, 2.24) is 24.4 Å². The number of carbonyl (C=O) groups is 1. The Kier molecular flexibility index (Phi) is 4.82. The fraction of sp³-hybridized carbons (Fsp3) is 0.368. The molecule has 4 rings (SSSR count). The molecule has 1 aliphatic heterocycles. The molecule has 0 bridgehead atoms. The Bertz CT molecular complexity index is 1050. The molecule has 9 nitrogen and oxygen atoms in total. The maximum Gasteiger partial charge on any atom is 0.314 e.